The molecule has 2 aromatic rings. The molecule has 1 aromatic heterocycles. The van der Waals surface area contributed by atoms with Crippen LogP contribution in [0, 0.1) is 0 Å². The number of hydrogen-bond donors (Lipinski definition) is 0. The molecule has 2 heterocycles. The van der Waals surface area contributed by atoms with Crippen LogP contribution in [0.15, 0.2) is 36.7 Å². The maximum absolute atomic E-state index is 12.2. The summed E-state index contributed by atoms with van der Waals surface area (Å²) >= 11 is 0. The summed E-state index contributed by atoms with van der Waals surface area (Å²) in [7, 11) is 1.55. The molecule has 0 saturated carbocycles. The van der Waals surface area contributed by atoms with Crippen molar-refractivity contribution in [3.63, 3.8) is 0 Å². The second kappa shape index (κ2) is 7.39. The maximum Gasteiger partial charge on any atom is 0.387 e. The molecule has 1 unspecified atom stereocenters. The number of benzene rings is 1. The molecule has 1 aliphatic heterocycles. The van der Waals surface area contributed by atoms with Gasteiger partial charge in [-0.2, -0.15) is 8.78 Å². The molecular weight excluding hydrogens is 320 g/mol. The average molecular weight is 337 g/mol. The van der Waals surface area contributed by atoms with E-state index in [2.05, 4.69) is 19.6 Å². The average Bonchev–Trinajstić information content (AvgIpc) is 2.62. The minimum Gasteiger partial charge on any atom is -0.481 e. The van der Waals surface area contributed by atoms with Crippen molar-refractivity contribution in [1.29, 1.82) is 0 Å². The fourth-order valence-electron chi connectivity index (χ4n) is 2.54. The molecule has 0 radical (unpaired) electrons. The first kappa shape index (κ1) is 16.4. The third kappa shape index (κ3) is 3.88. The Hall–Kier alpha value is -2.48. The SMILES string of the molecule is COc1cc(N2CCOC(c3ccc(OC(F)F)cc3)C2)ncn1. The summed E-state index contributed by atoms with van der Waals surface area (Å²) in [6.07, 6.45) is 1.27. The van der Waals surface area contributed by atoms with Crippen molar-refractivity contribution in [3.05, 3.63) is 42.2 Å². The van der Waals surface area contributed by atoms with E-state index >= 15 is 0 Å². The van der Waals surface area contributed by atoms with Crippen molar-refractivity contribution in [1.82, 2.24) is 9.97 Å². The molecule has 6 nitrogen and oxygen atoms in total. The summed E-state index contributed by atoms with van der Waals surface area (Å²) in [5, 5.41) is 0. The van der Waals surface area contributed by atoms with Gasteiger partial charge in [-0.15, -0.1) is 0 Å². The molecule has 24 heavy (non-hydrogen) atoms. The van der Waals surface area contributed by atoms with Gasteiger partial charge in [0.1, 0.15) is 24.0 Å². The van der Waals surface area contributed by atoms with Gasteiger partial charge in [-0.3, -0.25) is 0 Å². The number of alkyl halides is 2. The fraction of sp³-hybridized carbons (Fsp3) is 0.375. The van der Waals surface area contributed by atoms with Gasteiger partial charge in [-0.25, -0.2) is 9.97 Å². The lowest BCUT2D eigenvalue weighted by molar-refractivity contribution is -0.0498. The summed E-state index contributed by atoms with van der Waals surface area (Å²) in [6.45, 7) is -1.00. The van der Waals surface area contributed by atoms with Crippen LogP contribution in [-0.4, -0.2) is 43.4 Å². The minimum atomic E-state index is -2.83. The van der Waals surface area contributed by atoms with Crippen LogP contribution in [0.4, 0.5) is 14.6 Å². The van der Waals surface area contributed by atoms with Crippen LogP contribution in [-0.2, 0) is 4.74 Å². The second-order valence-electron chi connectivity index (χ2n) is 5.17. The Kier molecular flexibility index (Phi) is 5.05. The van der Waals surface area contributed by atoms with Crippen LogP contribution in [0.1, 0.15) is 11.7 Å². The highest BCUT2D eigenvalue weighted by atomic mass is 19.3. The van der Waals surface area contributed by atoms with E-state index in [0.717, 1.165) is 11.4 Å². The van der Waals surface area contributed by atoms with Gasteiger partial charge in [-0.05, 0) is 17.7 Å². The normalized spacial score (nSPS) is 17.8. The molecular formula is C16H17F2N3O3. The van der Waals surface area contributed by atoms with E-state index in [1.807, 2.05) is 0 Å². The molecule has 1 saturated heterocycles. The molecule has 1 aromatic carbocycles. The highest BCUT2D eigenvalue weighted by Gasteiger charge is 2.23. The van der Waals surface area contributed by atoms with Crippen molar-refractivity contribution in [2.45, 2.75) is 12.7 Å². The van der Waals surface area contributed by atoms with Crippen molar-refractivity contribution < 1.29 is 23.0 Å². The Bertz CT molecular complexity index is 670. The van der Waals surface area contributed by atoms with Crippen LogP contribution < -0.4 is 14.4 Å². The lowest BCUT2D eigenvalue weighted by Crippen LogP contribution is -2.38. The Balaban J connectivity index is 1.70. The van der Waals surface area contributed by atoms with E-state index < -0.39 is 6.61 Å². The molecule has 0 bridgehead atoms. The van der Waals surface area contributed by atoms with Crippen molar-refractivity contribution in [2.24, 2.45) is 0 Å². The molecule has 128 valence electrons. The summed E-state index contributed by atoms with van der Waals surface area (Å²) in [5.41, 5.74) is 0.891. The number of anilines is 1. The lowest BCUT2D eigenvalue weighted by Gasteiger charge is -2.34. The van der Waals surface area contributed by atoms with Gasteiger partial charge in [0.15, 0.2) is 0 Å². The zero-order chi connectivity index (χ0) is 16.9. The number of nitrogens with zero attached hydrogens (tertiary/aromatic N) is 3. The van der Waals surface area contributed by atoms with Gasteiger partial charge in [0.2, 0.25) is 5.88 Å². The summed E-state index contributed by atoms with van der Waals surface area (Å²) in [4.78, 5) is 10.3. The molecule has 0 amide bonds. The number of halogens is 2. The Morgan fingerprint density at radius 2 is 2.04 bits per heavy atom. The highest BCUT2D eigenvalue weighted by Crippen LogP contribution is 2.27. The van der Waals surface area contributed by atoms with Gasteiger partial charge in [0.25, 0.3) is 0 Å². The topological polar surface area (TPSA) is 56.7 Å². The zero-order valence-corrected chi connectivity index (χ0v) is 13.1. The van der Waals surface area contributed by atoms with Gasteiger partial charge in [-0.1, -0.05) is 12.1 Å². The minimum absolute atomic E-state index is 0.127. The zero-order valence-electron chi connectivity index (χ0n) is 13.1. The Morgan fingerprint density at radius 3 is 2.75 bits per heavy atom. The van der Waals surface area contributed by atoms with Gasteiger partial charge < -0.3 is 19.1 Å². The van der Waals surface area contributed by atoms with Gasteiger partial charge in [0, 0.05) is 19.2 Å². The molecule has 8 heteroatoms. The number of methoxy groups -OCH3 is 1. The Morgan fingerprint density at radius 1 is 1.25 bits per heavy atom. The smallest absolute Gasteiger partial charge is 0.387 e. The molecule has 1 aliphatic rings. The standard InChI is InChI=1S/C16H17F2N3O3/c1-22-15-8-14(19-10-20-15)21-6-7-23-13(9-21)11-2-4-12(5-3-11)24-16(17)18/h2-5,8,10,13,16H,6-7,9H2,1H3. The van der Waals surface area contributed by atoms with Crippen LogP contribution in [0.5, 0.6) is 11.6 Å². The van der Waals surface area contributed by atoms with Crippen LogP contribution in [0.3, 0.4) is 0 Å². The largest absolute Gasteiger partial charge is 0.481 e. The van der Waals surface area contributed by atoms with Gasteiger partial charge in [0.05, 0.1) is 13.7 Å². The van der Waals surface area contributed by atoms with E-state index in [1.165, 1.54) is 18.5 Å². The van der Waals surface area contributed by atoms with E-state index in [-0.39, 0.29) is 11.9 Å². The van der Waals surface area contributed by atoms with Crippen molar-refractivity contribution in [2.75, 3.05) is 31.7 Å². The molecule has 0 spiro atoms. The van der Waals surface area contributed by atoms with Crippen molar-refractivity contribution in [3.8, 4) is 11.6 Å². The second-order valence-corrected chi connectivity index (χ2v) is 5.17. The van der Waals surface area contributed by atoms with Crippen LogP contribution >= 0.6 is 0 Å². The predicted molar refractivity (Wildman–Crippen MR) is 82.6 cm³/mol. The number of morpholine rings is 1. The van der Waals surface area contributed by atoms with E-state index in [1.54, 1.807) is 25.3 Å². The number of aromatic nitrogens is 2. The summed E-state index contributed by atoms with van der Waals surface area (Å²) < 4.78 is 39.7. The fourth-order valence-corrected chi connectivity index (χ4v) is 2.54. The van der Waals surface area contributed by atoms with Crippen LogP contribution in [0.2, 0.25) is 0 Å². The molecule has 0 N–H and O–H groups in total. The van der Waals surface area contributed by atoms with Crippen LogP contribution in [0.25, 0.3) is 0 Å². The molecule has 1 atom stereocenters. The Labute approximate surface area is 138 Å². The summed E-state index contributed by atoms with van der Waals surface area (Å²) in [5.74, 6) is 1.38. The molecule has 0 aliphatic carbocycles. The maximum atomic E-state index is 12.2. The molecule has 3 rings (SSSR count). The third-order valence-corrected chi connectivity index (χ3v) is 3.70. The molecule has 1 fully saturated rings. The van der Waals surface area contributed by atoms with E-state index in [0.29, 0.717) is 25.6 Å². The first-order valence-corrected chi connectivity index (χ1v) is 7.43. The van der Waals surface area contributed by atoms with Gasteiger partial charge >= 0.3 is 6.61 Å². The number of ether oxygens (including phenoxy) is 3. The quantitative estimate of drug-likeness (QED) is 0.836. The highest BCUT2D eigenvalue weighted by molar-refractivity contribution is 5.42. The first-order valence-electron chi connectivity index (χ1n) is 7.43. The summed E-state index contributed by atoms with van der Waals surface area (Å²) in [6, 6.07) is 8.25. The number of rotatable bonds is 5. The van der Waals surface area contributed by atoms with Crippen molar-refractivity contribution >= 4 is 5.82 Å². The van der Waals surface area contributed by atoms with E-state index in [9.17, 15) is 8.78 Å². The monoisotopic (exact) mass is 337 g/mol. The first-order chi connectivity index (χ1) is 11.7. The lowest BCUT2D eigenvalue weighted by atomic mass is 10.1. The van der Waals surface area contributed by atoms with E-state index in [4.69, 9.17) is 9.47 Å². The predicted octanol–water partition coefficient (Wildman–Crippen LogP) is 2.66. The third-order valence-electron chi connectivity index (χ3n) is 3.70. The number of hydrogen-bond acceptors (Lipinski definition) is 6.